The topological polar surface area (TPSA) is 79.5 Å². The van der Waals surface area contributed by atoms with Gasteiger partial charge in [-0.2, -0.15) is 13.2 Å². The highest BCUT2D eigenvalue weighted by Gasteiger charge is 2.59. The third-order valence-corrected chi connectivity index (χ3v) is 6.39. The number of halogens is 5. The summed E-state index contributed by atoms with van der Waals surface area (Å²) in [7, 11) is 0. The summed E-state index contributed by atoms with van der Waals surface area (Å²) in [6.45, 7) is 4.18. The maximum atomic E-state index is 14.4. The molecule has 3 aromatic carbocycles. The summed E-state index contributed by atoms with van der Waals surface area (Å²) >= 11 is 12.0. The third kappa shape index (κ3) is 5.60. The Morgan fingerprint density at radius 3 is 2.29 bits per heavy atom. The minimum atomic E-state index is -4.86. The zero-order chi connectivity index (χ0) is 27.7. The Balaban J connectivity index is 1.70. The Kier molecular flexibility index (Phi) is 7.92. The van der Waals surface area contributed by atoms with E-state index in [1.807, 2.05) is 13.8 Å². The standard InChI is InChI=1S/C27H24Cl2F3N3O3/c1-15(2)13-33-24(36)14-34-25(37)22-8-7-21(19-5-3-4-6-20(19)22)23-12-26(38-35-23,27(30,31)32)16-9-17(28)11-18(29)10-16/h3-12,15,35H,13-14H2,1-2H3,(H,33,36)(H,34,37). The summed E-state index contributed by atoms with van der Waals surface area (Å²) < 4.78 is 43.2. The molecule has 0 fully saturated rings. The maximum absolute atomic E-state index is 14.4. The van der Waals surface area contributed by atoms with Crippen LogP contribution in [0.5, 0.6) is 0 Å². The highest BCUT2D eigenvalue weighted by Crippen LogP contribution is 2.48. The van der Waals surface area contributed by atoms with Crippen LogP contribution in [0.1, 0.15) is 35.3 Å². The lowest BCUT2D eigenvalue weighted by Crippen LogP contribution is -2.42. The van der Waals surface area contributed by atoms with Gasteiger partial charge in [0.1, 0.15) is 0 Å². The predicted octanol–water partition coefficient (Wildman–Crippen LogP) is 5.98. The van der Waals surface area contributed by atoms with Crippen LogP contribution >= 0.6 is 23.2 Å². The molecule has 0 saturated heterocycles. The first-order chi connectivity index (χ1) is 17.9. The first-order valence-corrected chi connectivity index (χ1v) is 12.4. The fourth-order valence-corrected chi connectivity index (χ4v) is 4.64. The van der Waals surface area contributed by atoms with Crippen LogP contribution in [0, 0.1) is 5.92 Å². The van der Waals surface area contributed by atoms with Crippen molar-refractivity contribution in [3.63, 3.8) is 0 Å². The average molecular weight is 566 g/mol. The number of carbonyl (C=O) groups is 2. The van der Waals surface area contributed by atoms with E-state index in [1.54, 1.807) is 24.3 Å². The largest absolute Gasteiger partial charge is 0.428 e. The number of hydrogen-bond donors (Lipinski definition) is 3. The van der Waals surface area contributed by atoms with E-state index >= 15 is 0 Å². The molecule has 38 heavy (non-hydrogen) atoms. The number of hydroxylamine groups is 1. The Bertz CT molecular complexity index is 1410. The van der Waals surface area contributed by atoms with E-state index in [9.17, 15) is 22.8 Å². The van der Waals surface area contributed by atoms with Crippen molar-refractivity contribution in [2.75, 3.05) is 13.1 Å². The van der Waals surface area contributed by atoms with Crippen LogP contribution < -0.4 is 16.1 Å². The van der Waals surface area contributed by atoms with Crippen molar-refractivity contribution in [2.24, 2.45) is 5.92 Å². The van der Waals surface area contributed by atoms with Gasteiger partial charge in [0.2, 0.25) is 11.5 Å². The molecule has 2 amide bonds. The lowest BCUT2D eigenvalue weighted by molar-refractivity contribution is -0.269. The van der Waals surface area contributed by atoms with Crippen LogP contribution in [-0.4, -0.2) is 31.1 Å². The Labute approximate surface area is 227 Å². The molecule has 1 aliphatic rings. The van der Waals surface area contributed by atoms with E-state index in [4.69, 9.17) is 28.0 Å². The number of rotatable bonds is 7. The van der Waals surface area contributed by atoms with E-state index in [0.717, 1.165) is 18.2 Å². The molecule has 0 saturated carbocycles. The smallest absolute Gasteiger partial charge is 0.354 e. The van der Waals surface area contributed by atoms with E-state index in [0.29, 0.717) is 22.9 Å². The summed E-state index contributed by atoms with van der Waals surface area (Å²) in [5, 5.41) is 6.36. The number of alkyl halides is 3. The SMILES string of the molecule is CC(C)CNC(=O)CNC(=O)c1ccc(C2=CC(c3cc(Cl)cc(Cl)c3)(C(F)(F)F)ON2)c2ccccc12. The van der Waals surface area contributed by atoms with Gasteiger partial charge in [-0.15, -0.1) is 0 Å². The van der Waals surface area contributed by atoms with Crippen molar-refractivity contribution in [2.45, 2.75) is 25.6 Å². The summed E-state index contributed by atoms with van der Waals surface area (Å²) in [6.07, 6.45) is -3.93. The second-order valence-corrected chi connectivity index (χ2v) is 10.1. The van der Waals surface area contributed by atoms with Gasteiger partial charge < -0.3 is 10.6 Å². The molecule has 0 bridgehead atoms. The fourth-order valence-electron chi connectivity index (χ4n) is 4.11. The lowest BCUT2D eigenvalue weighted by atomic mass is 9.90. The molecule has 1 unspecified atom stereocenters. The van der Waals surface area contributed by atoms with Crippen LogP contribution in [0.4, 0.5) is 13.2 Å². The molecule has 0 aromatic heterocycles. The molecule has 4 rings (SSSR count). The van der Waals surface area contributed by atoms with Crippen molar-refractivity contribution in [1.29, 1.82) is 0 Å². The number of benzene rings is 3. The highest BCUT2D eigenvalue weighted by molar-refractivity contribution is 6.34. The van der Waals surface area contributed by atoms with Crippen molar-refractivity contribution in [3.8, 4) is 0 Å². The van der Waals surface area contributed by atoms with Crippen molar-refractivity contribution in [1.82, 2.24) is 16.1 Å². The molecular formula is C27H24Cl2F3N3O3. The Hall–Kier alpha value is -3.27. The van der Waals surface area contributed by atoms with Crippen LogP contribution in [-0.2, 0) is 15.2 Å². The summed E-state index contributed by atoms with van der Waals surface area (Å²) in [6, 6.07) is 13.4. The number of amides is 2. The van der Waals surface area contributed by atoms with Crippen LogP contribution in [0.3, 0.4) is 0 Å². The molecule has 1 heterocycles. The first-order valence-electron chi connectivity index (χ1n) is 11.7. The van der Waals surface area contributed by atoms with Gasteiger partial charge in [0.25, 0.3) is 5.91 Å². The zero-order valence-corrected chi connectivity index (χ0v) is 21.9. The average Bonchev–Trinajstić information content (AvgIpc) is 3.32. The van der Waals surface area contributed by atoms with Gasteiger partial charge in [-0.25, -0.2) is 0 Å². The zero-order valence-electron chi connectivity index (χ0n) is 20.4. The molecule has 1 atom stereocenters. The maximum Gasteiger partial charge on any atom is 0.428 e. The van der Waals surface area contributed by atoms with Crippen LogP contribution in [0.25, 0.3) is 16.5 Å². The monoisotopic (exact) mass is 565 g/mol. The summed E-state index contributed by atoms with van der Waals surface area (Å²) in [4.78, 5) is 30.1. The second-order valence-electron chi connectivity index (χ2n) is 9.24. The van der Waals surface area contributed by atoms with Gasteiger partial charge in [0.05, 0.1) is 12.2 Å². The van der Waals surface area contributed by atoms with Crippen molar-refractivity contribution in [3.05, 3.63) is 87.4 Å². The third-order valence-electron chi connectivity index (χ3n) is 5.96. The van der Waals surface area contributed by atoms with E-state index in [-0.39, 0.29) is 45.2 Å². The van der Waals surface area contributed by atoms with E-state index in [2.05, 4.69) is 16.1 Å². The lowest BCUT2D eigenvalue weighted by Gasteiger charge is -2.28. The summed E-state index contributed by atoms with van der Waals surface area (Å²) in [5.74, 6) is -0.550. The Morgan fingerprint density at radius 1 is 1.00 bits per heavy atom. The quantitative estimate of drug-likeness (QED) is 0.329. The number of nitrogens with one attached hydrogen (secondary N) is 3. The van der Waals surface area contributed by atoms with Crippen LogP contribution in [0.15, 0.2) is 60.7 Å². The van der Waals surface area contributed by atoms with Crippen molar-refractivity contribution < 1.29 is 27.6 Å². The van der Waals surface area contributed by atoms with Crippen LogP contribution in [0.2, 0.25) is 10.0 Å². The van der Waals surface area contributed by atoms with E-state index in [1.165, 1.54) is 18.2 Å². The first kappa shape index (κ1) is 27.8. The van der Waals surface area contributed by atoms with E-state index < -0.39 is 17.7 Å². The second kappa shape index (κ2) is 10.8. The minimum absolute atomic E-state index is 0.0280. The molecule has 3 N–H and O–H groups in total. The molecular weight excluding hydrogens is 542 g/mol. The highest BCUT2D eigenvalue weighted by atomic mass is 35.5. The molecule has 0 aliphatic carbocycles. The van der Waals surface area contributed by atoms with Gasteiger partial charge in [0, 0.05) is 33.3 Å². The van der Waals surface area contributed by atoms with Gasteiger partial charge >= 0.3 is 6.18 Å². The number of carbonyl (C=O) groups excluding carboxylic acids is 2. The molecule has 0 spiro atoms. The molecule has 6 nitrogen and oxygen atoms in total. The molecule has 11 heteroatoms. The molecule has 0 radical (unpaired) electrons. The molecule has 200 valence electrons. The molecule has 1 aliphatic heterocycles. The van der Waals surface area contributed by atoms with Crippen molar-refractivity contribution >= 4 is 51.5 Å². The number of hydrogen-bond acceptors (Lipinski definition) is 4. The predicted molar refractivity (Wildman–Crippen MR) is 141 cm³/mol. The minimum Gasteiger partial charge on any atom is -0.354 e. The normalized spacial score (nSPS) is 17.3. The van der Waals surface area contributed by atoms with Gasteiger partial charge in [-0.05, 0) is 47.0 Å². The molecule has 3 aromatic rings. The summed E-state index contributed by atoms with van der Waals surface area (Å²) in [5.41, 5.74) is -0.0282. The number of fused-ring (bicyclic) bond motifs is 1. The van der Waals surface area contributed by atoms with Gasteiger partial charge in [0.15, 0.2) is 0 Å². The van der Waals surface area contributed by atoms with Gasteiger partial charge in [-0.1, -0.05) is 67.4 Å². The van der Waals surface area contributed by atoms with Gasteiger partial charge in [-0.3, -0.25) is 19.9 Å². The fraction of sp³-hybridized carbons (Fsp3) is 0.259. The Morgan fingerprint density at radius 2 is 1.66 bits per heavy atom.